The van der Waals surface area contributed by atoms with Crippen LogP contribution in [0.4, 0.5) is 0 Å². The van der Waals surface area contributed by atoms with Crippen LogP contribution in [0, 0.1) is 0 Å². The van der Waals surface area contributed by atoms with Crippen LogP contribution in [0.3, 0.4) is 0 Å². The molecule has 0 aliphatic heterocycles. The van der Waals surface area contributed by atoms with E-state index in [0.29, 0.717) is 5.88 Å². The van der Waals surface area contributed by atoms with Crippen molar-refractivity contribution in [3.05, 3.63) is 54.2 Å². The molecule has 0 atom stereocenters. The number of ether oxygens (including phenoxy) is 1. The van der Waals surface area contributed by atoms with E-state index in [1.807, 2.05) is 6.07 Å². The lowest BCUT2D eigenvalue weighted by atomic mass is 10.1. The second kappa shape index (κ2) is 5.20. The number of rotatable bonds is 3. The molecule has 94 valence electrons. The van der Waals surface area contributed by atoms with Crippen LogP contribution in [0.1, 0.15) is 0 Å². The monoisotopic (exact) mass is 268 g/mol. The molecule has 0 saturated carbocycles. The van der Waals surface area contributed by atoms with Gasteiger partial charge in [0.1, 0.15) is 6.33 Å². The Balaban J connectivity index is 1.94. The smallest absolute Gasteiger partial charge is 0.216 e. The Bertz CT molecular complexity index is 663. The summed E-state index contributed by atoms with van der Waals surface area (Å²) in [6.45, 7) is 0. The highest BCUT2D eigenvalue weighted by atomic mass is 32.1. The lowest BCUT2D eigenvalue weighted by Gasteiger charge is -2.04. The summed E-state index contributed by atoms with van der Waals surface area (Å²) in [5.74, 6) is 0.576. The second-order valence-corrected chi connectivity index (χ2v) is 4.95. The Morgan fingerprint density at radius 3 is 2.47 bits per heavy atom. The molecule has 0 N–H and O–H groups in total. The average molecular weight is 268 g/mol. The van der Waals surface area contributed by atoms with Gasteiger partial charge in [-0.05, 0) is 17.0 Å². The zero-order valence-corrected chi connectivity index (χ0v) is 11.2. The van der Waals surface area contributed by atoms with E-state index < -0.39 is 0 Å². The van der Waals surface area contributed by atoms with Gasteiger partial charge in [-0.1, -0.05) is 30.3 Å². The first-order valence-electron chi connectivity index (χ1n) is 5.87. The largest absolute Gasteiger partial charge is 0.481 e. The molecule has 19 heavy (non-hydrogen) atoms. The van der Waals surface area contributed by atoms with Crippen molar-refractivity contribution in [3.8, 4) is 27.6 Å². The van der Waals surface area contributed by atoms with E-state index in [4.69, 9.17) is 4.74 Å². The maximum absolute atomic E-state index is 5.11. The van der Waals surface area contributed by atoms with Crippen LogP contribution in [-0.4, -0.2) is 17.1 Å². The van der Waals surface area contributed by atoms with Crippen molar-refractivity contribution in [2.24, 2.45) is 0 Å². The van der Waals surface area contributed by atoms with Crippen molar-refractivity contribution in [3.63, 3.8) is 0 Å². The fourth-order valence-corrected chi connectivity index (χ4v) is 2.59. The fraction of sp³-hybridized carbons (Fsp3) is 0.0667. The van der Waals surface area contributed by atoms with Gasteiger partial charge < -0.3 is 4.74 Å². The van der Waals surface area contributed by atoms with Crippen molar-refractivity contribution < 1.29 is 4.74 Å². The quantitative estimate of drug-likeness (QED) is 0.723. The summed E-state index contributed by atoms with van der Waals surface area (Å²) in [4.78, 5) is 9.54. The first kappa shape index (κ1) is 11.9. The molecular formula is C15H12N2OS. The summed E-state index contributed by atoms with van der Waals surface area (Å²) in [5.41, 5.74) is 3.14. The Hall–Kier alpha value is -2.20. The minimum absolute atomic E-state index is 0.576. The van der Waals surface area contributed by atoms with Crippen LogP contribution in [0.5, 0.6) is 5.88 Å². The highest BCUT2D eigenvalue weighted by molar-refractivity contribution is 7.13. The summed E-state index contributed by atoms with van der Waals surface area (Å²) in [7, 11) is 1.60. The predicted octanol–water partition coefficient (Wildman–Crippen LogP) is 3.88. The molecule has 3 rings (SSSR count). The number of thiophene rings is 1. The molecule has 0 amide bonds. The zero-order chi connectivity index (χ0) is 13.1. The van der Waals surface area contributed by atoms with Gasteiger partial charge in [0.05, 0.1) is 12.8 Å². The van der Waals surface area contributed by atoms with Crippen molar-refractivity contribution in [1.82, 2.24) is 9.97 Å². The molecule has 0 unspecified atom stereocenters. The third kappa shape index (κ3) is 2.48. The Morgan fingerprint density at radius 2 is 1.79 bits per heavy atom. The Morgan fingerprint density at radius 1 is 1.00 bits per heavy atom. The van der Waals surface area contributed by atoms with E-state index >= 15 is 0 Å². The summed E-state index contributed by atoms with van der Waals surface area (Å²) in [6, 6.07) is 14.4. The molecule has 0 saturated heterocycles. The molecule has 0 radical (unpaired) electrons. The molecule has 0 aliphatic carbocycles. The normalized spacial score (nSPS) is 10.4. The van der Waals surface area contributed by atoms with Gasteiger partial charge in [0.15, 0.2) is 0 Å². The molecule has 4 heteroatoms. The lowest BCUT2D eigenvalue weighted by molar-refractivity contribution is 0.397. The van der Waals surface area contributed by atoms with Crippen LogP contribution in [-0.2, 0) is 0 Å². The van der Waals surface area contributed by atoms with Gasteiger partial charge in [0.25, 0.3) is 0 Å². The number of methoxy groups -OCH3 is 1. The summed E-state index contributed by atoms with van der Waals surface area (Å²) in [6.07, 6.45) is 1.52. The molecule has 0 bridgehead atoms. The van der Waals surface area contributed by atoms with Crippen molar-refractivity contribution in [2.45, 2.75) is 0 Å². The minimum atomic E-state index is 0.576. The van der Waals surface area contributed by atoms with E-state index in [1.165, 1.54) is 16.8 Å². The summed E-state index contributed by atoms with van der Waals surface area (Å²) in [5, 5.41) is 2.08. The van der Waals surface area contributed by atoms with Gasteiger partial charge in [-0.2, -0.15) is 0 Å². The van der Waals surface area contributed by atoms with Crippen LogP contribution in [0.15, 0.2) is 54.2 Å². The van der Waals surface area contributed by atoms with Gasteiger partial charge in [0, 0.05) is 16.5 Å². The van der Waals surface area contributed by atoms with Gasteiger partial charge >= 0.3 is 0 Å². The van der Waals surface area contributed by atoms with Crippen molar-refractivity contribution in [2.75, 3.05) is 7.11 Å². The van der Waals surface area contributed by atoms with Crippen LogP contribution < -0.4 is 4.74 Å². The maximum atomic E-state index is 5.11. The summed E-state index contributed by atoms with van der Waals surface area (Å²) < 4.78 is 5.11. The van der Waals surface area contributed by atoms with Crippen LogP contribution >= 0.6 is 11.3 Å². The standard InChI is InChI=1S/C15H12N2OS/c1-18-15-9-13(16-10-17-15)11-4-6-12(7-5-11)14-3-2-8-19-14/h2-10H,1H3. The lowest BCUT2D eigenvalue weighted by Crippen LogP contribution is -1.90. The first-order valence-corrected chi connectivity index (χ1v) is 6.75. The first-order chi connectivity index (χ1) is 9.36. The molecule has 2 aromatic heterocycles. The molecule has 3 aromatic rings. The molecule has 1 aromatic carbocycles. The Kier molecular flexibility index (Phi) is 3.25. The molecule has 3 nitrogen and oxygen atoms in total. The predicted molar refractivity (Wildman–Crippen MR) is 77.3 cm³/mol. The zero-order valence-electron chi connectivity index (χ0n) is 10.4. The number of aromatic nitrogens is 2. The number of benzene rings is 1. The van der Waals surface area contributed by atoms with E-state index in [0.717, 1.165) is 11.3 Å². The molecular weight excluding hydrogens is 256 g/mol. The fourth-order valence-electron chi connectivity index (χ4n) is 1.86. The highest BCUT2D eigenvalue weighted by Gasteiger charge is 2.03. The maximum Gasteiger partial charge on any atom is 0.216 e. The van der Waals surface area contributed by atoms with E-state index in [2.05, 4.69) is 51.7 Å². The van der Waals surface area contributed by atoms with E-state index in [1.54, 1.807) is 18.4 Å². The van der Waals surface area contributed by atoms with Crippen molar-refractivity contribution >= 4 is 11.3 Å². The average Bonchev–Trinajstić information content (AvgIpc) is 3.02. The van der Waals surface area contributed by atoms with E-state index in [9.17, 15) is 0 Å². The second-order valence-electron chi connectivity index (χ2n) is 4.00. The molecule has 2 heterocycles. The minimum Gasteiger partial charge on any atom is -0.481 e. The van der Waals surface area contributed by atoms with Gasteiger partial charge in [-0.15, -0.1) is 11.3 Å². The number of hydrogen-bond donors (Lipinski definition) is 0. The molecule has 0 aliphatic rings. The highest BCUT2D eigenvalue weighted by Crippen LogP contribution is 2.27. The SMILES string of the molecule is COc1cc(-c2ccc(-c3cccs3)cc2)ncn1. The van der Waals surface area contributed by atoms with Crippen molar-refractivity contribution in [1.29, 1.82) is 0 Å². The third-order valence-electron chi connectivity index (χ3n) is 2.84. The van der Waals surface area contributed by atoms with Crippen LogP contribution in [0.2, 0.25) is 0 Å². The van der Waals surface area contributed by atoms with Gasteiger partial charge in [-0.3, -0.25) is 0 Å². The summed E-state index contributed by atoms with van der Waals surface area (Å²) >= 11 is 1.74. The molecule has 0 fully saturated rings. The molecule has 0 spiro atoms. The van der Waals surface area contributed by atoms with Gasteiger partial charge in [0.2, 0.25) is 5.88 Å². The Labute approximate surface area is 115 Å². The number of hydrogen-bond acceptors (Lipinski definition) is 4. The van der Waals surface area contributed by atoms with E-state index in [-0.39, 0.29) is 0 Å². The topological polar surface area (TPSA) is 35.0 Å². The third-order valence-corrected chi connectivity index (χ3v) is 3.76. The van der Waals surface area contributed by atoms with Crippen LogP contribution in [0.25, 0.3) is 21.7 Å². The number of nitrogens with zero attached hydrogens (tertiary/aromatic N) is 2. The van der Waals surface area contributed by atoms with Gasteiger partial charge in [-0.25, -0.2) is 9.97 Å².